The average molecular weight is 297 g/mol. The van der Waals surface area contributed by atoms with Gasteiger partial charge in [-0.15, -0.1) is 0 Å². The van der Waals surface area contributed by atoms with Gasteiger partial charge in [-0.3, -0.25) is 9.69 Å². The molecule has 5 nitrogen and oxygen atoms in total. The zero-order chi connectivity index (χ0) is 15.5. The van der Waals surface area contributed by atoms with Crippen molar-refractivity contribution < 1.29 is 9.90 Å². The summed E-state index contributed by atoms with van der Waals surface area (Å²) in [6.45, 7) is 5.07. The van der Waals surface area contributed by atoms with Crippen LogP contribution in [-0.4, -0.2) is 72.2 Å². The van der Waals surface area contributed by atoms with Crippen LogP contribution < -0.4 is 5.32 Å². The molecule has 1 aliphatic heterocycles. The van der Waals surface area contributed by atoms with Gasteiger partial charge in [0.25, 0.3) is 0 Å². The summed E-state index contributed by atoms with van der Waals surface area (Å²) < 4.78 is 0. The van der Waals surface area contributed by atoms with Crippen LogP contribution in [0.4, 0.5) is 0 Å². The smallest absolute Gasteiger partial charge is 0.323 e. The highest BCUT2D eigenvalue weighted by Gasteiger charge is 2.44. The normalized spacial score (nSPS) is 34.5. The van der Waals surface area contributed by atoms with E-state index in [1.807, 2.05) is 0 Å². The summed E-state index contributed by atoms with van der Waals surface area (Å²) in [6.07, 6.45) is 5.85. The second-order valence-electron chi connectivity index (χ2n) is 6.97. The highest BCUT2D eigenvalue weighted by Crippen LogP contribution is 2.33. The summed E-state index contributed by atoms with van der Waals surface area (Å²) in [6, 6.07) is 1.04. The number of rotatable bonds is 6. The Labute approximate surface area is 128 Å². The first-order valence-electron chi connectivity index (χ1n) is 8.37. The highest BCUT2D eigenvalue weighted by atomic mass is 16.4. The second-order valence-corrected chi connectivity index (χ2v) is 6.97. The third-order valence-corrected chi connectivity index (χ3v) is 5.29. The van der Waals surface area contributed by atoms with E-state index >= 15 is 0 Å². The van der Waals surface area contributed by atoms with Crippen LogP contribution in [0.5, 0.6) is 0 Å². The van der Waals surface area contributed by atoms with Gasteiger partial charge in [0.2, 0.25) is 0 Å². The van der Waals surface area contributed by atoms with Gasteiger partial charge < -0.3 is 15.3 Å². The van der Waals surface area contributed by atoms with Crippen LogP contribution in [0.2, 0.25) is 0 Å². The molecule has 0 aromatic rings. The molecule has 1 aliphatic carbocycles. The predicted molar refractivity (Wildman–Crippen MR) is 84.6 cm³/mol. The first-order chi connectivity index (χ1) is 9.98. The molecule has 2 aliphatic rings. The van der Waals surface area contributed by atoms with E-state index in [1.165, 1.54) is 6.42 Å². The summed E-state index contributed by atoms with van der Waals surface area (Å²) in [5, 5.41) is 13.1. The summed E-state index contributed by atoms with van der Waals surface area (Å²) in [7, 11) is 4.28. The number of carboxylic acids is 1. The van der Waals surface area contributed by atoms with E-state index in [0.29, 0.717) is 12.1 Å². The van der Waals surface area contributed by atoms with Gasteiger partial charge in [0, 0.05) is 25.2 Å². The van der Waals surface area contributed by atoms with Crippen molar-refractivity contribution in [2.75, 3.05) is 33.7 Å². The summed E-state index contributed by atoms with van der Waals surface area (Å²) >= 11 is 0. The third kappa shape index (κ3) is 3.76. The molecule has 2 fully saturated rings. The number of carbonyl (C=O) groups is 1. The Hall–Kier alpha value is -0.650. The van der Waals surface area contributed by atoms with Crippen molar-refractivity contribution >= 4 is 5.97 Å². The highest BCUT2D eigenvalue weighted by molar-refractivity contribution is 5.79. The molecule has 0 radical (unpaired) electrons. The molecule has 3 unspecified atom stereocenters. The Bertz CT molecular complexity index is 361. The Morgan fingerprint density at radius 2 is 2.19 bits per heavy atom. The SMILES string of the molecule is CCCNC1(C(=O)O)CCCC(N2CCC(N(C)C)C2)C1. The molecular weight excluding hydrogens is 266 g/mol. The fourth-order valence-corrected chi connectivity index (χ4v) is 3.87. The summed E-state index contributed by atoms with van der Waals surface area (Å²) in [5.41, 5.74) is -0.699. The van der Waals surface area contributed by atoms with E-state index in [1.54, 1.807) is 0 Å². The van der Waals surface area contributed by atoms with Crippen LogP contribution in [0.25, 0.3) is 0 Å². The molecule has 21 heavy (non-hydrogen) atoms. The molecule has 1 saturated heterocycles. The molecule has 0 spiro atoms. The molecule has 0 aromatic heterocycles. The summed E-state index contributed by atoms with van der Waals surface area (Å²) in [4.78, 5) is 16.6. The zero-order valence-corrected chi connectivity index (χ0v) is 13.8. The zero-order valence-electron chi connectivity index (χ0n) is 13.8. The maximum Gasteiger partial charge on any atom is 0.323 e. The van der Waals surface area contributed by atoms with Crippen molar-refractivity contribution in [3.63, 3.8) is 0 Å². The van der Waals surface area contributed by atoms with Crippen LogP contribution >= 0.6 is 0 Å². The molecule has 1 saturated carbocycles. The molecule has 5 heteroatoms. The van der Waals surface area contributed by atoms with E-state index in [9.17, 15) is 9.90 Å². The van der Waals surface area contributed by atoms with Crippen LogP contribution in [0.1, 0.15) is 45.4 Å². The standard InChI is InChI=1S/C16H31N3O2/c1-4-9-17-16(15(20)21)8-5-6-13(11-16)19-10-7-14(12-19)18(2)3/h13-14,17H,4-12H2,1-3H3,(H,20,21). The van der Waals surface area contributed by atoms with Gasteiger partial charge in [0.05, 0.1) is 0 Å². The van der Waals surface area contributed by atoms with E-state index in [2.05, 4.69) is 36.1 Å². The average Bonchev–Trinajstić information content (AvgIpc) is 2.95. The fraction of sp³-hybridized carbons (Fsp3) is 0.938. The molecular formula is C16H31N3O2. The van der Waals surface area contributed by atoms with E-state index in [4.69, 9.17) is 0 Å². The van der Waals surface area contributed by atoms with Gasteiger partial charge in [-0.25, -0.2) is 0 Å². The molecule has 1 heterocycles. The van der Waals surface area contributed by atoms with Crippen LogP contribution in [-0.2, 0) is 4.79 Å². The Morgan fingerprint density at radius 1 is 1.43 bits per heavy atom. The number of nitrogens with one attached hydrogen (secondary N) is 1. The van der Waals surface area contributed by atoms with Crippen molar-refractivity contribution in [2.45, 2.75) is 63.1 Å². The lowest BCUT2D eigenvalue weighted by Crippen LogP contribution is -2.58. The van der Waals surface area contributed by atoms with Gasteiger partial charge in [0.15, 0.2) is 0 Å². The second kappa shape index (κ2) is 7.07. The lowest BCUT2D eigenvalue weighted by atomic mass is 9.78. The molecule has 2 rings (SSSR count). The maximum atomic E-state index is 11.8. The van der Waals surface area contributed by atoms with Gasteiger partial charge in [-0.05, 0) is 59.2 Å². The number of hydrogen-bond donors (Lipinski definition) is 2. The number of carboxylic acid groups (broad SMARTS) is 1. The quantitative estimate of drug-likeness (QED) is 0.776. The first kappa shape index (κ1) is 16.7. The monoisotopic (exact) mass is 297 g/mol. The van der Waals surface area contributed by atoms with Crippen LogP contribution in [0, 0.1) is 0 Å². The minimum atomic E-state index is -0.699. The van der Waals surface area contributed by atoms with Gasteiger partial charge >= 0.3 is 5.97 Å². The number of likely N-dealkylation sites (N-methyl/N-ethyl adjacent to an activating group) is 1. The Balaban J connectivity index is 2.00. The van der Waals surface area contributed by atoms with Crippen LogP contribution in [0.3, 0.4) is 0 Å². The van der Waals surface area contributed by atoms with E-state index in [-0.39, 0.29) is 0 Å². The molecule has 3 atom stereocenters. The lowest BCUT2D eigenvalue weighted by Gasteiger charge is -2.42. The van der Waals surface area contributed by atoms with Gasteiger partial charge in [0.1, 0.15) is 5.54 Å². The molecule has 2 N–H and O–H groups in total. The van der Waals surface area contributed by atoms with Crippen molar-refractivity contribution in [3.8, 4) is 0 Å². The fourth-order valence-electron chi connectivity index (χ4n) is 3.87. The number of hydrogen-bond acceptors (Lipinski definition) is 4. The maximum absolute atomic E-state index is 11.8. The van der Waals surface area contributed by atoms with Gasteiger partial charge in [-0.1, -0.05) is 6.92 Å². The molecule has 0 amide bonds. The topological polar surface area (TPSA) is 55.8 Å². The number of likely N-dealkylation sites (tertiary alicyclic amines) is 1. The van der Waals surface area contributed by atoms with Crippen molar-refractivity contribution in [2.24, 2.45) is 0 Å². The Kier molecular flexibility index (Phi) is 5.63. The molecule has 122 valence electrons. The van der Waals surface area contributed by atoms with Gasteiger partial charge in [-0.2, -0.15) is 0 Å². The van der Waals surface area contributed by atoms with Crippen molar-refractivity contribution in [1.29, 1.82) is 0 Å². The lowest BCUT2D eigenvalue weighted by molar-refractivity contribution is -0.147. The largest absolute Gasteiger partial charge is 0.480 e. The number of nitrogens with zero attached hydrogens (tertiary/aromatic N) is 2. The number of aliphatic carboxylic acids is 1. The van der Waals surface area contributed by atoms with E-state index in [0.717, 1.165) is 51.7 Å². The Morgan fingerprint density at radius 3 is 2.76 bits per heavy atom. The third-order valence-electron chi connectivity index (χ3n) is 5.29. The van der Waals surface area contributed by atoms with Crippen molar-refractivity contribution in [1.82, 2.24) is 15.1 Å². The minimum absolute atomic E-state index is 0.421. The van der Waals surface area contributed by atoms with E-state index < -0.39 is 11.5 Å². The minimum Gasteiger partial charge on any atom is -0.480 e. The molecule has 0 aromatic carbocycles. The predicted octanol–water partition coefficient (Wildman–Crippen LogP) is 1.39. The van der Waals surface area contributed by atoms with Crippen LogP contribution in [0.15, 0.2) is 0 Å². The first-order valence-corrected chi connectivity index (χ1v) is 8.37. The summed E-state index contributed by atoms with van der Waals surface area (Å²) in [5.74, 6) is -0.663. The van der Waals surface area contributed by atoms with Crippen molar-refractivity contribution in [3.05, 3.63) is 0 Å². The molecule has 0 bridgehead atoms.